The standard InChI is InChI=1S/C13H16N4O2S/c1-15-13-16-11(14)10(20-13)12(18)17(2)8-4-6-9(19-3)7-5-8/h4-7H,14H2,1-3H3,(H,15,16). The van der Waals surface area contributed by atoms with Crippen LogP contribution in [0.4, 0.5) is 16.6 Å². The molecule has 0 spiro atoms. The lowest BCUT2D eigenvalue weighted by molar-refractivity contribution is 0.0997. The molecular weight excluding hydrogens is 276 g/mol. The van der Waals surface area contributed by atoms with Crippen LogP contribution in [-0.4, -0.2) is 32.1 Å². The number of hydrogen-bond donors (Lipinski definition) is 2. The zero-order valence-corrected chi connectivity index (χ0v) is 12.3. The van der Waals surface area contributed by atoms with Crippen molar-refractivity contribution in [3.05, 3.63) is 29.1 Å². The Balaban J connectivity index is 2.24. The number of rotatable bonds is 4. The summed E-state index contributed by atoms with van der Waals surface area (Å²) in [5.41, 5.74) is 6.53. The molecule has 0 saturated heterocycles. The third kappa shape index (κ3) is 2.67. The predicted molar refractivity (Wildman–Crippen MR) is 81.8 cm³/mol. The summed E-state index contributed by atoms with van der Waals surface area (Å²) in [4.78, 5) is 18.4. The second-order valence-electron chi connectivity index (χ2n) is 4.05. The zero-order chi connectivity index (χ0) is 14.7. The molecule has 1 aromatic carbocycles. The van der Waals surface area contributed by atoms with E-state index in [4.69, 9.17) is 10.5 Å². The Morgan fingerprint density at radius 3 is 2.55 bits per heavy atom. The van der Waals surface area contributed by atoms with Crippen molar-refractivity contribution >= 4 is 33.9 Å². The lowest BCUT2D eigenvalue weighted by Gasteiger charge is -2.16. The highest BCUT2D eigenvalue weighted by atomic mass is 32.1. The largest absolute Gasteiger partial charge is 0.497 e. The van der Waals surface area contributed by atoms with E-state index in [1.165, 1.54) is 16.2 Å². The van der Waals surface area contributed by atoms with Gasteiger partial charge >= 0.3 is 0 Å². The van der Waals surface area contributed by atoms with Crippen LogP contribution >= 0.6 is 11.3 Å². The summed E-state index contributed by atoms with van der Waals surface area (Å²) in [7, 11) is 5.03. The summed E-state index contributed by atoms with van der Waals surface area (Å²) < 4.78 is 5.09. The number of hydrogen-bond acceptors (Lipinski definition) is 6. The van der Waals surface area contributed by atoms with Crippen LogP contribution in [0.25, 0.3) is 0 Å². The first-order chi connectivity index (χ1) is 9.56. The van der Waals surface area contributed by atoms with E-state index in [-0.39, 0.29) is 11.7 Å². The summed E-state index contributed by atoms with van der Waals surface area (Å²) in [6, 6.07) is 7.22. The number of nitrogens with zero attached hydrogens (tertiary/aromatic N) is 2. The van der Waals surface area contributed by atoms with Gasteiger partial charge in [0.25, 0.3) is 5.91 Å². The number of nitrogens with one attached hydrogen (secondary N) is 1. The van der Waals surface area contributed by atoms with E-state index in [1.807, 2.05) is 12.1 Å². The van der Waals surface area contributed by atoms with Gasteiger partial charge in [-0.3, -0.25) is 4.79 Å². The number of benzene rings is 1. The van der Waals surface area contributed by atoms with Gasteiger partial charge in [-0.25, -0.2) is 4.98 Å². The fourth-order valence-electron chi connectivity index (χ4n) is 1.67. The number of methoxy groups -OCH3 is 1. The number of anilines is 3. The molecule has 0 unspecified atom stereocenters. The quantitative estimate of drug-likeness (QED) is 0.901. The molecule has 2 rings (SSSR count). The van der Waals surface area contributed by atoms with Crippen molar-refractivity contribution in [3.63, 3.8) is 0 Å². The van der Waals surface area contributed by atoms with Gasteiger partial charge in [0.05, 0.1) is 7.11 Å². The van der Waals surface area contributed by atoms with Gasteiger partial charge in [-0.1, -0.05) is 11.3 Å². The maximum Gasteiger partial charge on any atom is 0.272 e. The molecule has 1 heterocycles. The number of ether oxygens (including phenoxy) is 1. The van der Waals surface area contributed by atoms with E-state index in [9.17, 15) is 4.79 Å². The van der Waals surface area contributed by atoms with Crippen LogP contribution in [-0.2, 0) is 0 Å². The van der Waals surface area contributed by atoms with E-state index in [0.29, 0.717) is 10.0 Å². The van der Waals surface area contributed by atoms with Gasteiger partial charge in [0.1, 0.15) is 16.4 Å². The average Bonchev–Trinajstić information content (AvgIpc) is 2.87. The molecule has 0 bridgehead atoms. The second kappa shape index (κ2) is 5.79. The number of carbonyl (C=O) groups is 1. The third-order valence-corrected chi connectivity index (χ3v) is 3.90. The zero-order valence-electron chi connectivity index (χ0n) is 11.5. The number of thiazole rings is 1. The van der Waals surface area contributed by atoms with Crippen molar-refractivity contribution in [2.45, 2.75) is 0 Å². The molecule has 0 saturated carbocycles. The molecule has 106 valence electrons. The van der Waals surface area contributed by atoms with Crippen LogP contribution in [0.15, 0.2) is 24.3 Å². The van der Waals surface area contributed by atoms with Gasteiger partial charge in [-0.15, -0.1) is 0 Å². The highest BCUT2D eigenvalue weighted by molar-refractivity contribution is 7.18. The minimum absolute atomic E-state index is 0.188. The minimum Gasteiger partial charge on any atom is -0.497 e. The Hall–Kier alpha value is -2.28. The fourth-order valence-corrected chi connectivity index (χ4v) is 2.48. The van der Waals surface area contributed by atoms with Crippen molar-refractivity contribution in [1.29, 1.82) is 0 Å². The first-order valence-corrected chi connectivity index (χ1v) is 6.74. The van der Waals surface area contributed by atoms with Gasteiger partial charge in [0.15, 0.2) is 5.13 Å². The summed E-state index contributed by atoms with van der Waals surface area (Å²) in [5.74, 6) is 0.792. The van der Waals surface area contributed by atoms with Crippen LogP contribution in [0.3, 0.4) is 0 Å². The summed E-state index contributed by atoms with van der Waals surface area (Å²) in [6.07, 6.45) is 0. The lowest BCUT2D eigenvalue weighted by atomic mass is 10.2. The molecule has 0 aliphatic heterocycles. The highest BCUT2D eigenvalue weighted by Gasteiger charge is 2.20. The molecule has 0 radical (unpaired) electrons. The summed E-state index contributed by atoms with van der Waals surface area (Å²) in [6.45, 7) is 0. The first-order valence-electron chi connectivity index (χ1n) is 5.93. The molecule has 3 N–H and O–H groups in total. The minimum atomic E-state index is -0.188. The number of amides is 1. The molecule has 2 aromatic rings. The van der Waals surface area contributed by atoms with Crippen LogP contribution in [0, 0.1) is 0 Å². The summed E-state index contributed by atoms with van der Waals surface area (Å²) in [5, 5.41) is 3.50. The van der Waals surface area contributed by atoms with E-state index in [1.54, 1.807) is 33.3 Å². The topological polar surface area (TPSA) is 80.5 Å². The lowest BCUT2D eigenvalue weighted by Crippen LogP contribution is -2.26. The third-order valence-electron chi connectivity index (χ3n) is 2.83. The van der Waals surface area contributed by atoms with Crippen LogP contribution in [0.1, 0.15) is 9.67 Å². The smallest absolute Gasteiger partial charge is 0.272 e. The maximum absolute atomic E-state index is 12.4. The van der Waals surface area contributed by atoms with E-state index < -0.39 is 0 Å². The van der Waals surface area contributed by atoms with Crippen LogP contribution < -0.4 is 20.7 Å². The number of carbonyl (C=O) groups excluding carboxylic acids is 1. The Morgan fingerprint density at radius 1 is 1.40 bits per heavy atom. The Morgan fingerprint density at radius 2 is 2.05 bits per heavy atom. The van der Waals surface area contributed by atoms with Crippen molar-refractivity contribution in [2.75, 3.05) is 37.2 Å². The molecule has 6 nitrogen and oxygen atoms in total. The van der Waals surface area contributed by atoms with Crippen LogP contribution in [0.5, 0.6) is 5.75 Å². The maximum atomic E-state index is 12.4. The fraction of sp³-hybridized carbons (Fsp3) is 0.231. The molecule has 0 fully saturated rings. The van der Waals surface area contributed by atoms with E-state index >= 15 is 0 Å². The van der Waals surface area contributed by atoms with Gasteiger partial charge in [0, 0.05) is 19.8 Å². The van der Waals surface area contributed by atoms with Gasteiger partial charge in [-0.05, 0) is 24.3 Å². The second-order valence-corrected chi connectivity index (χ2v) is 5.04. The van der Waals surface area contributed by atoms with E-state index in [2.05, 4.69) is 10.3 Å². The van der Waals surface area contributed by atoms with Crippen molar-refractivity contribution in [1.82, 2.24) is 4.98 Å². The molecule has 0 aliphatic carbocycles. The normalized spacial score (nSPS) is 10.2. The Labute approximate surface area is 121 Å². The van der Waals surface area contributed by atoms with Crippen LogP contribution in [0.2, 0.25) is 0 Å². The monoisotopic (exact) mass is 292 g/mol. The average molecular weight is 292 g/mol. The van der Waals surface area contributed by atoms with Gasteiger partial charge in [-0.2, -0.15) is 0 Å². The van der Waals surface area contributed by atoms with E-state index in [0.717, 1.165) is 11.4 Å². The Bertz CT molecular complexity index is 609. The molecule has 1 aromatic heterocycles. The van der Waals surface area contributed by atoms with Crippen molar-refractivity contribution in [3.8, 4) is 5.75 Å². The molecule has 7 heteroatoms. The Kier molecular flexibility index (Phi) is 4.09. The van der Waals surface area contributed by atoms with Gasteiger partial charge < -0.3 is 20.7 Å². The number of nitrogen functional groups attached to an aromatic ring is 1. The number of nitrogens with two attached hydrogens (primary N) is 1. The molecule has 1 amide bonds. The SMILES string of the molecule is CNc1nc(N)c(C(=O)N(C)c2ccc(OC)cc2)s1. The molecule has 0 aliphatic rings. The molecule has 0 atom stereocenters. The highest BCUT2D eigenvalue weighted by Crippen LogP contribution is 2.27. The predicted octanol–water partition coefficient (Wildman–Crippen LogP) is 2.05. The number of aromatic nitrogens is 1. The van der Waals surface area contributed by atoms with Crippen molar-refractivity contribution < 1.29 is 9.53 Å². The first kappa shape index (κ1) is 14.1. The molecular formula is C13H16N4O2S. The van der Waals surface area contributed by atoms with Gasteiger partial charge in [0.2, 0.25) is 0 Å². The molecule has 20 heavy (non-hydrogen) atoms. The van der Waals surface area contributed by atoms with Crippen molar-refractivity contribution in [2.24, 2.45) is 0 Å². The summed E-state index contributed by atoms with van der Waals surface area (Å²) >= 11 is 1.24.